The molecule has 1 heterocycles. The van der Waals surface area contributed by atoms with E-state index < -0.39 is 0 Å². The largest absolute Gasteiger partial charge is 0.493 e. The van der Waals surface area contributed by atoms with Gasteiger partial charge in [-0.2, -0.15) is 0 Å². The van der Waals surface area contributed by atoms with E-state index in [2.05, 4.69) is 25.1 Å². The molecule has 2 N–H and O–H groups in total. The minimum absolute atomic E-state index is 0.215. The van der Waals surface area contributed by atoms with Crippen LogP contribution in [-0.2, 0) is 9.68 Å². The summed E-state index contributed by atoms with van der Waals surface area (Å²) < 4.78 is 11.3. The second-order valence-electron chi connectivity index (χ2n) is 5.16. The molecule has 0 atom stereocenters. The number of aromatic nitrogens is 2. The molecule has 0 saturated carbocycles. The third-order valence-electron chi connectivity index (χ3n) is 3.31. The standard InChI is InChI=1S/C18H21N5O4/c1-12(23-26-4)5-6-13-7-8-15(16(9-13)24-2)27-18-14(10-22-25-3)17(19)20-11-21-18/h5-11H,1-4H3,(H2,19,20,21)/b6-5+,22-10-,23-12+. The number of rotatable bonds is 8. The quantitative estimate of drug-likeness (QED) is 0.560. The fraction of sp³-hybridized carbons (Fsp3) is 0.222. The molecule has 9 nitrogen and oxygen atoms in total. The summed E-state index contributed by atoms with van der Waals surface area (Å²) >= 11 is 0. The third kappa shape index (κ3) is 5.43. The zero-order chi connectivity index (χ0) is 19.6. The molecule has 0 fully saturated rings. The molecule has 27 heavy (non-hydrogen) atoms. The van der Waals surface area contributed by atoms with Gasteiger partial charge in [0.15, 0.2) is 11.5 Å². The molecule has 9 heteroatoms. The van der Waals surface area contributed by atoms with Crippen LogP contribution in [0.5, 0.6) is 17.4 Å². The maximum Gasteiger partial charge on any atom is 0.233 e. The number of nitrogen functional groups attached to an aromatic ring is 1. The number of benzene rings is 1. The Morgan fingerprint density at radius 2 is 1.93 bits per heavy atom. The van der Waals surface area contributed by atoms with Gasteiger partial charge in [0.1, 0.15) is 31.9 Å². The predicted octanol–water partition coefficient (Wildman–Crippen LogP) is 2.88. The summed E-state index contributed by atoms with van der Waals surface area (Å²) in [5.41, 5.74) is 7.89. The van der Waals surface area contributed by atoms with E-state index in [1.165, 1.54) is 26.8 Å². The van der Waals surface area contributed by atoms with E-state index in [0.717, 1.165) is 11.3 Å². The van der Waals surface area contributed by atoms with E-state index >= 15 is 0 Å². The summed E-state index contributed by atoms with van der Waals surface area (Å²) in [5.74, 6) is 1.42. The second kappa shape index (κ2) is 9.76. The lowest BCUT2D eigenvalue weighted by molar-refractivity contribution is 0.213. The molecule has 0 spiro atoms. The van der Waals surface area contributed by atoms with Gasteiger partial charge in [-0.05, 0) is 30.7 Å². The number of anilines is 1. The molecular weight excluding hydrogens is 350 g/mol. The fourth-order valence-electron chi connectivity index (χ4n) is 2.07. The number of allylic oxidation sites excluding steroid dienone is 1. The third-order valence-corrected chi connectivity index (χ3v) is 3.31. The number of ether oxygens (including phenoxy) is 2. The molecule has 0 aliphatic rings. The smallest absolute Gasteiger partial charge is 0.233 e. The van der Waals surface area contributed by atoms with Crippen LogP contribution in [0.25, 0.3) is 6.08 Å². The Labute approximate surface area is 157 Å². The highest BCUT2D eigenvalue weighted by atomic mass is 16.6. The van der Waals surface area contributed by atoms with E-state index in [0.29, 0.717) is 17.1 Å². The Morgan fingerprint density at radius 3 is 2.63 bits per heavy atom. The van der Waals surface area contributed by atoms with Crippen LogP contribution < -0.4 is 15.2 Å². The zero-order valence-electron chi connectivity index (χ0n) is 15.5. The van der Waals surface area contributed by atoms with E-state index in [-0.39, 0.29) is 11.7 Å². The van der Waals surface area contributed by atoms with Gasteiger partial charge in [-0.3, -0.25) is 0 Å². The number of oxime groups is 2. The molecule has 2 aromatic rings. The Hall–Kier alpha value is -3.62. The van der Waals surface area contributed by atoms with Crippen molar-refractivity contribution in [2.75, 3.05) is 27.1 Å². The monoisotopic (exact) mass is 371 g/mol. The summed E-state index contributed by atoms with van der Waals surface area (Å²) in [6, 6.07) is 5.44. The molecule has 1 aromatic heterocycles. The van der Waals surface area contributed by atoms with Gasteiger partial charge in [0.25, 0.3) is 0 Å². The van der Waals surface area contributed by atoms with Gasteiger partial charge in [-0.1, -0.05) is 22.5 Å². The van der Waals surface area contributed by atoms with Crippen LogP contribution >= 0.6 is 0 Å². The highest BCUT2D eigenvalue weighted by Gasteiger charge is 2.13. The average Bonchev–Trinajstić information content (AvgIpc) is 2.67. The topological polar surface area (TPSA) is 113 Å². The van der Waals surface area contributed by atoms with E-state index in [1.54, 1.807) is 13.2 Å². The van der Waals surface area contributed by atoms with Gasteiger partial charge in [0.2, 0.25) is 5.88 Å². The van der Waals surface area contributed by atoms with Crippen molar-refractivity contribution in [3.8, 4) is 17.4 Å². The fourth-order valence-corrected chi connectivity index (χ4v) is 2.07. The molecule has 1 aromatic carbocycles. The molecule has 2 rings (SSSR count). The lowest BCUT2D eigenvalue weighted by atomic mass is 10.1. The van der Waals surface area contributed by atoms with Gasteiger partial charge in [0, 0.05) is 0 Å². The summed E-state index contributed by atoms with van der Waals surface area (Å²) in [6.45, 7) is 1.83. The molecule has 0 amide bonds. The van der Waals surface area contributed by atoms with Crippen molar-refractivity contribution in [2.24, 2.45) is 10.3 Å². The summed E-state index contributed by atoms with van der Waals surface area (Å²) in [7, 11) is 4.47. The van der Waals surface area contributed by atoms with E-state index in [9.17, 15) is 0 Å². The number of nitrogens with two attached hydrogens (primary N) is 1. The van der Waals surface area contributed by atoms with Crippen molar-refractivity contribution >= 4 is 23.8 Å². The van der Waals surface area contributed by atoms with Crippen molar-refractivity contribution in [3.05, 3.63) is 41.7 Å². The molecular formula is C18H21N5O4. The van der Waals surface area contributed by atoms with E-state index in [4.69, 9.17) is 20.0 Å². The second-order valence-corrected chi connectivity index (χ2v) is 5.16. The van der Waals surface area contributed by atoms with Gasteiger partial charge in [-0.15, -0.1) is 0 Å². The van der Waals surface area contributed by atoms with Crippen molar-refractivity contribution in [1.29, 1.82) is 0 Å². The highest BCUT2D eigenvalue weighted by Crippen LogP contribution is 2.33. The van der Waals surface area contributed by atoms with Gasteiger partial charge < -0.3 is 24.9 Å². The van der Waals surface area contributed by atoms with Crippen LogP contribution in [0.3, 0.4) is 0 Å². The zero-order valence-corrected chi connectivity index (χ0v) is 15.5. The molecule has 0 aliphatic carbocycles. The first-order chi connectivity index (χ1) is 13.1. The average molecular weight is 371 g/mol. The van der Waals surface area contributed by atoms with Crippen molar-refractivity contribution in [3.63, 3.8) is 0 Å². The van der Waals surface area contributed by atoms with Crippen LogP contribution in [0.2, 0.25) is 0 Å². The summed E-state index contributed by atoms with van der Waals surface area (Å²) in [4.78, 5) is 17.4. The van der Waals surface area contributed by atoms with Crippen molar-refractivity contribution in [2.45, 2.75) is 6.92 Å². The molecule has 142 valence electrons. The highest BCUT2D eigenvalue weighted by molar-refractivity contribution is 5.96. The van der Waals surface area contributed by atoms with Crippen LogP contribution in [-0.4, -0.2) is 43.2 Å². The first-order valence-electron chi connectivity index (χ1n) is 7.87. The normalized spacial score (nSPS) is 11.8. The Morgan fingerprint density at radius 1 is 1.11 bits per heavy atom. The molecule has 0 saturated heterocycles. The molecule has 0 aliphatic heterocycles. The maximum atomic E-state index is 5.86. The minimum Gasteiger partial charge on any atom is -0.493 e. The van der Waals surface area contributed by atoms with Crippen molar-refractivity contribution in [1.82, 2.24) is 9.97 Å². The minimum atomic E-state index is 0.215. The molecule has 0 unspecified atom stereocenters. The van der Waals surface area contributed by atoms with Gasteiger partial charge in [0.05, 0.1) is 19.0 Å². The number of hydrogen-bond acceptors (Lipinski definition) is 9. The predicted molar refractivity (Wildman–Crippen MR) is 103 cm³/mol. The summed E-state index contributed by atoms with van der Waals surface area (Å²) in [6.07, 6.45) is 6.38. The lowest BCUT2D eigenvalue weighted by Crippen LogP contribution is -2.03. The van der Waals surface area contributed by atoms with Crippen molar-refractivity contribution < 1.29 is 19.1 Å². The number of methoxy groups -OCH3 is 1. The number of nitrogens with zero attached hydrogens (tertiary/aromatic N) is 4. The van der Waals surface area contributed by atoms with Crippen LogP contribution in [0.4, 0.5) is 5.82 Å². The SMILES string of the molecule is CO/N=C\c1c(N)ncnc1Oc1ccc(/C=C/C(C)=N/OC)cc1OC. The lowest BCUT2D eigenvalue weighted by Gasteiger charge is -2.12. The maximum absolute atomic E-state index is 5.86. The van der Waals surface area contributed by atoms with Crippen LogP contribution in [0, 0.1) is 0 Å². The first-order valence-corrected chi connectivity index (χ1v) is 7.87. The molecule has 0 bridgehead atoms. The Balaban J connectivity index is 2.31. The number of hydrogen-bond donors (Lipinski definition) is 1. The van der Waals surface area contributed by atoms with Crippen LogP contribution in [0.1, 0.15) is 18.1 Å². The summed E-state index contributed by atoms with van der Waals surface area (Å²) in [5, 5.41) is 7.51. The first kappa shape index (κ1) is 19.7. The molecule has 0 radical (unpaired) electrons. The van der Waals surface area contributed by atoms with Crippen LogP contribution in [0.15, 0.2) is 40.9 Å². The Bertz CT molecular complexity index is 865. The Kier molecular flexibility index (Phi) is 7.12. The van der Waals surface area contributed by atoms with Gasteiger partial charge >= 0.3 is 0 Å². The van der Waals surface area contributed by atoms with Gasteiger partial charge in [-0.25, -0.2) is 9.97 Å². The van der Waals surface area contributed by atoms with E-state index in [1.807, 2.05) is 31.2 Å².